The van der Waals surface area contributed by atoms with Crippen LogP contribution in [0, 0.1) is 0 Å². The zero-order valence-corrected chi connectivity index (χ0v) is 8.71. The molecule has 0 aliphatic heterocycles. The van der Waals surface area contributed by atoms with Crippen LogP contribution in [0.3, 0.4) is 0 Å². The second kappa shape index (κ2) is 3.81. The van der Waals surface area contributed by atoms with Crippen LogP contribution in [-0.2, 0) is 0 Å². The molecule has 0 spiro atoms. The van der Waals surface area contributed by atoms with Crippen LogP contribution in [0.25, 0.3) is 0 Å². The molecule has 4 nitrogen and oxygen atoms in total. The van der Waals surface area contributed by atoms with Crippen molar-refractivity contribution in [1.82, 2.24) is 5.32 Å². The number of amides is 1. The average molecular weight is 205 g/mol. The number of anilines is 2. The summed E-state index contributed by atoms with van der Waals surface area (Å²) in [5.74, 6) is -0.106. The molecule has 2 rings (SSSR count). The highest BCUT2D eigenvalue weighted by Gasteiger charge is 2.22. The van der Waals surface area contributed by atoms with Crippen molar-refractivity contribution in [3.8, 4) is 0 Å². The lowest BCUT2D eigenvalue weighted by Gasteiger charge is -2.10. The smallest absolute Gasteiger partial charge is 0.253 e. The standard InChI is InChI=1S/C11H15N3O/c1-13-11(15)9-6-7(12)2-5-10(9)14-8-3-4-8/h2,5-6,8,14H,3-4,12H2,1H3,(H,13,15). The van der Waals surface area contributed by atoms with Crippen molar-refractivity contribution in [1.29, 1.82) is 0 Å². The lowest BCUT2D eigenvalue weighted by Crippen LogP contribution is -2.20. The molecule has 0 heterocycles. The molecule has 1 aromatic rings. The average Bonchev–Trinajstić information content (AvgIpc) is 3.03. The maximum atomic E-state index is 11.6. The molecule has 0 aromatic heterocycles. The fourth-order valence-corrected chi connectivity index (χ4v) is 1.46. The van der Waals surface area contributed by atoms with Gasteiger partial charge in [-0.3, -0.25) is 4.79 Å². The molecule has 1 aliphatic rings. The monoisotopic (exact) mass is 205 g/mol. The summed E-state index contributed by atoms with van der Waals surface area (Å²) in [6, 6.07) is 5.89. The maximum absolute atomic E-state index is 11.6. The summed E-state index contributed by atoms with van der Waals surface area (Å²) in [7, 11) is 1.62. The Bertz CT molecular complexity index is 385. The van der Waals surface area contributed by atoms with Crippen LogP contribution in [0.15, 0.2) is 18.2 Å². The molecule has 4 N–H and O–H groups in total. The first-order chi connectivity index (χ1) is 7.20. The molecule has 15 heavy (non-hydrogen) atoms. The molecule has 0 bridgehead atoms. The van der Waals surface area contributed by atoms with E-state index >= 15 is 0 Å². The van der Waals surface area contributed by atoms with Gasteiger partial charge in [0, 0.05) is 24.5 Å². The Morgan fingerprint density at radius 2 is 2.20 bits per heavy atom. The fourth-order valence-electron chi connectivity index (χ4n) is 1.46. The molecule has 1 fully saturated rings. The third-order valence-corrected chi connectivity index (χ3v) is 2.45. The number of carbonyl (C=O) groups excluding carboxylic acids is 1. The van der Waals surface area contributed by atoms with Crippen molar-refractivity contribution in [3.05, 3.63) is 23.8 Å². The minimum atomic E-state index is -0.106. The zero-order chi connectivity index (χ0) is 10.8. The van der Waals surface area contributed by atoms with Gasteiger partial charge in [0.25, 0.3) is 5.91 Å². The SMILES string of the molecule is CNC(=O)c1cc(N)ccc1NC1CC1. The van der Waals surface area contributed by atoms with Gasteiger partial charge in [-0.25, -0.2) is 0 Å². The van der Waals surface area contributed by atoms with Gasteiger partial charge in [0.15, 0.2) is 0 Å². The van der Waals surface area contributed by atoms with E-state index in [4.69, 9.17) is 5.73 Å². The Kier molecular flexibility index (Phi) is 2.49. The highest BCUT2D eigenvalue weighted by Crippen LogP contribution is 2.27. The van der Waals surface area contributed by atoms with Gasteiger partial charge < -0.3 is 16.4 Å². The van der Waals surface area contributed by atoms with Crippen LogP contribution in [0.4, 0.5) is 11.4 Å². The van der Waals surface area contributed by atoms with E-state index in [0.717, 1.165) is 5.69 Å². The van der Waals surface area contributed by atoms with E-state index in [-0.39, 0.29) is 5.91 Å². The third-order valence-electron chi connectivity index (χ3n) is 2.45. The quantitative estimate of drug-likeness (QED) is 0.649. The molecule has 0 unspecified atom stereocenters. The number of nitrogen functional groups attached to an aromatic ring is 1. The van der Waals surface area contributed by atoms with Gasteiger partial charge in [-0.2, -0.15) is 0 Å². The minimum absolute atomic E-state index is 0.106. The van der Waals surface area contributed by atoms with Crippen LogP contribution in [0.1, 0.15) is 23.2 Å². The summed E-state index contributed by atoms with van der Waals surface area (Å²) >= 11 is 0. The largest absolute Gasteiger partial charge is 0.399 e. The van der Waals surface area contributed by atoms with Crippen molar-refractivity contribution in [3.63, 3.8) is 0 Å². The van der Waals surface area contributed by atoms with Gasteiger partial charge in [0.2, 0.25) is 0 Å². The minimum Gasteiger partial charge on any atom is -0.399 e. The summed E-state index contributed by atoms with van der Waals surface area (Å²) in [6.45, 7) is 0. The van der Waals surface area contributed by atoms with E-state index in [9.17, 15) is 4.79 Å². The number of hydrogen-bond donors (Lipinski definition) is 3. The zero-order valence-electron chi connectivity index (χ0n) is 8.71. The van der Waals surface area contributed by atoms with Crippen LogP contribution in [0.2, 0.25) is 0 Å². The number of hydrogen-bond acceptors (Lipinski definition) is 3. The molecule has 1 aromatic carbocycles. The Labute approximate surface area is 88.9 Å². The normalized spacial score (nSPS) is 14.7. The van der Waals surface area contributed by atoms with Crippen molar-refractivity contribution >= 4 is 17.3 Å². The van der Waals surface area contributed by atoms with Gasteiger partial charge in [0.05, 0.1) is 5.56 Å². The van der Waals surface area contributed by atoms with Gasteiger partial charge in [-0.15, -0.1) is 0 Å². The summed E-state index contributed by atoms with van der Waals surface area (Å²) in [5.41, 5.74) is 7.75. The van der Waals surface area contributed by atoms with E-state index in [2.05, 4.69) is 10.6 Å². The van der Waals surface area contributed by atoms with Crippen LogP contribution < -0.4 is 16.4 Å². The van der Waals surface area contributed by atoms with Crippen LogP contribution >= 0.6 is 0 Å². The van der Waals surface area contributed by atoms with E-state index in [1.54, 1.807) is 19.2 Å². The molecule has 0 saturated heterocycles. The van der Waals surface area contributed by atoms with E-state index in [1.807, 2.05) is 6.07 Å². The number of nitrogens with two attached hydrogens (primary N) is 1. The Balaban J connectivity index is 2.29. The van der Waals surface area contributed by atoms with Crippen molar-refractivity contribution < 1.29 is 4.79 Å². The molecule has 0 radical (unpaired) electrons. The van der Waals surface area contributed by atoms with E-state index in [1.165, 1.54) is 12.8 Å². The van der Waals surface area contributed by atoms with Gasteiger partial charge >= 0.3 is 0 Å². The molecule has 80 valence electrons. The van der Waals surface area contributed by atoms with Crippen molar-refractivity contribution in [2.45, 2.75) is 18.9 Å². The summed E-state index contributed by atoms with van der Waals surface area (Å²) in [5, 5.41) is 5.92. The lowest BCUT2D eigenvalue weighted by molar-refractivity contribution is 0.0964. The van der Waals surface area contributed by atoms with Crippen molar-refractivity contribution in [2.75, 3.05) is 18.1 Å². The third kappa shape index (κ3) is 2.21. The fraction of sp³-hybridized carbons (Fsp3) is 0.364. The first kappa shape index (κ1) is 9.83. The topological polar surface area (TPSA) is 67.2 Å². The summed E-state index contributed by atoms with van der Waals surface area (Å²) in [4.78, 5) is 11.6. The second-order valence-electron chi connectivity index (χ2n) is 3.80. The number of benzene rings is 1. The molecular formula is C11H15N3O. The first-order valence-electron chi connectivity index (χ1n) is 5.09. The number of carbonyl (C=O) groups is 1. The van der Waals surface area contributed by atoms with Gasteiger partial charge in [0.1, 0.15) is 0 Å². The predicted molar refractivity (Wildman–Crippen MR) is 60.9 cm³/mol. The lowest BCUT2D eigenvalue weighted by atomic mass is 10.1. The molecule has 4 heteroatoms. The van der Waals surface area contributed by atoms with Gasteiger partial charge in [-0.1, -0.05) is 0 Å². The Morgan fingerprint density at radius 1 is 1.47 bits per heavy atom. The van der Waals surface area contributed by atoms with E-state index in [0.29, 0.717) is 17.3 Å². The highest BCUT2D eigenvalue weighted by molar-refractivity contribution is 6.00. The van der Waals surface area contributed by atoms with E-state index < -0.39 is 0 Å². The molecular weight excluding hydrogens is 190 g/mol. The Hall–Kier alpha value is -1.71. The predicted octanol–water partition coefficient (Wildman–Crippen LogP) is 1.20. The molecule has 1 aliphatic carbocycles. The molecule has 1 amide bonds. The molecule has 1 saturated carbocycles. The number of nitrogens with one attached hydrogen (secondary N) is 2. The highest BCUT2D eigenvalue weighted by atomic mass is 16.1. The van der Waals surface area contributed by atoms with Gasteiger partial charge in [-0.05, 0) is 31.0 Å². The first-order valence-corrected chi connectivity index (χ1v) is 5.09. The molecule has 0 atom stereocenters. The second-order valence-corrected chi connectivity index (χ2v) is 3.80. The summed E-state index contributed by atoms with van der Waals surface area (Å²) < 4.78 is 0. The summed E-state index contributed by atoms with van der Waals surface area (Å²) in [6.07, 6.45) is 2.36. The Morgan fingerprint density at radius 3 is 2.80 bits per heavy atom. The maximum Gasteiger partial charge on any atom is 0.253 e. The van der Waals surface area contributed by atoms with Crippen molar-refractivity contribution in [2.24, 2.45) is 0 Å². The van der Waals surface area contributed by atoms with Crippen LogP contribution in [0.5, 0.6) is 0 Å². The van der Waals surface area contributed by atoms with Crippen LogP contribution in [-0.4, -0.2) is 19.0 Å². The number of rotatable bonds is 3.